The van der Waals surface area contributed by atoms with E-state index in [0.717, 1.165) is 44.9 Å². The highest BCUT2D eigenvalue weighted by Gasteiger charge is 2.31. The normalized spacial score (nSPS) is 21.8. The molecule has 2 aliphatic rings. The summed E-state index contributed by atoms with van der Waals surface area (Å²) in [6.07, 6.45) is 10.5. The Kier molecular flexibility index (Phi) is 7.05. The molecule has 0 bridgehead atoms. The number of hydrogen-bond donors (Lipinski definition) is 1. The standard InChI is InChI=1S/C23H33N3O5S/c1-17-9-7-8-14-26(17)32(29,30)19-12-13-20-21(15-19)31-23(28)25(20)16-22(27)24-18-10-5-3-2-4-6-11-18/h12-13,15,17-18H,2-11,14,16H2,1H3,(H,24,27). The van der Waals surface area contributed by atoms with Gasteiger partial charge in [-0.3, -0.25) is 9.36 Å². The van der Waals surface area contributed by atoms with Crippen LogP contribution in [0.1, 0.15) is 71.1 Å². The van der Waals surface area contributed by atoms with Crippen molar-refractivity contribution >= 4 is 27.0 Å². The molecule has 1 saturated heterocycles. The van der Waals surface area contributed by atoms with Crippen molar-refractivity contribution in [2.75, 3.05) is 6.54 Å². The number of fused-ring (bicyclic) bond motifs is 1. The van der Waals surface area contributed by atoms with Crippen molar-refractivity contribution in [1.29, 1.82) is 0 Å². The van der Waals surface area contributed by atoms with Crippen LogP contribution in [0, 0.1) is 0 Å². The molecule has 2 aromatic rings. The number of carbonyl (C=O) groups excluding carboxylic acids is 1. The van der Waals surface area contributed by atoms with Crippen LogP contribution in [0.2, 0.25) is 0 Å². The first-order valence-electron chi connectivity index (χ1n) is 11.8. The van der Waals surface area contributed by atoms with E-state index in [4.69, 9.17) is 4.42 Å². The molecule has 2 fully saturated rings. The Bertz CT molecular complexity index is 1110. The van der Waals surface area contributed by atoms with Crippen molar-refractivity contribution in [2.45, 2.75) is 94.7 Å². The van der Waals surface area contributed by atoms with Crippen LogP contribution < -0.4 is 11.1 Å². The summed E-state index contributed by atoms with van der Waals surface area (Å²) < 4.78 is 34.4. The maximum absolute atomic E-state index is 13.1. The van der Waals surface area contributed by atoms with Crippen LogP contribution in [0.4, 0.5) is 0 Å². The fourth-order valence-electron chi connectivity index (χ4n) is 4.94. The molecule has 2 heterocycles. The second kappa shape index (κ2) is 9.79. The second-order valence-electron chi connectivity index (χ2n) is 9.15. The van der Waals surface area contributed by atoms with Gasteiger partial charge in [-0.05, 0) is 44.7 Å². The van der Waals surface area contributed by atoms with E-state index in [0.29, 0.717) is 12.1 Å². The predicted molar refractivity (Wildman–Crippen MR) is 122 cm³/mol. The molecule has 4 rings (SSSR count). The zero-order valence-electron chi connectivity index (χ0n) is 18.7. The van der Waals surface area contributed by atoms with E-state index in [-0.39, 0.29) is 35.0 Å². The van der Waals surface area contributed by atoms with E-state index in [1.54, 1.807) is 6.07 Å². The van der Waals surface area contributed by atoms with Crippen molar-refractivity contribution < 1.29 is 17.6 Å². The third kappa shape index (κ3) is 4.93. The molecule has 8 nitrogen and oxygen atoms in total. The first-order valence-corrected chi connectivity index (χ1v) is 13.2. The summed E-state index contributed by atoms with van der Waals surface area (Å²) in [5.41, 5.74) is 0.605. The molecule has 1 aliphatic heterocycles. The molecule has 1 unspecified atom stereocenters. The van der Waals surface area contributed by atoms with Crippen molar-refractivity contribution in [3.63, 3.8) is 0 Å². The third-order valence-electron chi connectivity index (χ3n) is 6.76. The van der Waals surface area contributed by atoms with Gasteiger partial charge in [0, 0.05) is 24.7 Å². The van der Waals surface area contributed by atoms with Crippen LogP contribution in [0.5, 0.6) is 0 Å². The minimum Gasteiger partial charge on any atom is -0.408 e. The molecular weight excluding hydrogens is 430 g/mol. The number of hydrogen-bond acceptors (Lipinski definition) is 5. The lowest BCUT2D eigenvalue weighted by atomic mass is 9.97. The first kappa shape index (κ1) is 23.0. The maximum Gasteiger partial charge on any atom is 0.420 e. The quantitative estimate of drug-likeness (QED) is 0.732. The van der Waals surface area contributed by atoms with Crippen LogP contribution >= 0.6 is 0 Å². The maximum atomic E-state index is 13.1. The molecule has 1 aliphatic carbocycles. The first-order chi connectivity index (χ1) is 15.4. The largest absolute Gasteiger partial charge is 0.420 e. The summed E-state index contributed by atoms with van der Waals surface area (Å²) in [5.74, 6) is -0.882. The minimum atomic E-state index is -3.67. The topological polar surface area (TPSA) is 102 Å². The second-order valence-corrected chi connectivity index (χ2v) is 11.0. The molecule has 1 aromatic heterocycles. The van der Waals surface area contributed by atoms with Crippen LogP contribution in [-0.2, 0) is 21.4 Å². The van der Waals surface area contributed by atoms with Gasteiger partial charge < -0.3 is 9.73 Å². The SMILES string of the molecule is CC1CCCCN1S(=O)(=O)c1ccc2c(c1)oc(=O)n2CC(=O)NC1CCCCCCC1. The average Bonchev–Trinajstić information content (AvgIpc) is 3.04. The van der Waals surface area contributed by atoms with Gasteiger partial charge in [0.2, 0.25) is 15.9 Å². The van der Waals surface area contributed by atoms with Gasteiger partial charge in [0.1, 0.15) is 6.54 Å². The fourth-order valence-corrected chi connectivity index (χ4v) is 6.65. The minimum absolute atomic E-state index is 0.0574. The molecule has 1 N–H and O–H groups in total. The molecule has 0 radical (unpaired) electrons. The highest BCUT2D eigenvalue weighted by atomic mass is 32.2. The highest BCUT2D eigenvalue weighted by Crippen LogP contribution is 2.27. The van der Waals surface area contributed by atoms with Gasteiger partial charge in [0.15, 0.2) is 5.58 Å². The summed E-state index contributed by atoms with van der Waals surface area (Å²) in [5, 5.41) is 3.06. The monoisotopic (exact) mass is 463 g/mol. The number of sulfonamides is 1. The third-order valence-corrected chi connectivity index (χ3v) is 8.77. The average molecular weight is 464 g/mol. The summed E-state index contributed by atoms with van der Waals surface area (Å²) in [4.78, 5) is 25.2. The van der Waals surface area contributed by atoms with Crippen molar-refractivity contribution in [2.24, 2.45) is 0 Å². The van der Waals surface area contributed by atoms with Crippen molar-refractivity contribution in [3.8, 4) is 0 Å². The summed E-state index contributed by atoms with van der Waals surface area (Å²) in [6.45, 7) is 2.27. The number of carbonyl (C=O) groups is 1. The lowest BCUT2D eigenvalue weighted by molar-refractivity contribution is -0.122. The van der Waals surface area contributed by atoms with Crippen molar-refractivity contribution in [1.82, 2.24) is 14.2 Å². The van der Waals surface area contributed by atoms with E-state index < -0.39 is 15.8 Å². The molecule has 1 aromatic carbocycles. The molecular formula is C23H33N3O5S. The Morgan fingerprint density at radius 3 is 2.47 bits per heavy atom. The molecule has 1 saturated carbocycles. The number of piperidine rings is 1. The molecule has 9 heteroatoms. The molecule has 1 amide bonds. The predicted octanol–water partition coefficient (Wildman–Crippen LogP) is 3.39. The van der Waals surface area contributed by atoms with E-state index in [1.807, 2.05) is 6.92 Å². The number of nitrogens with zero attached hydrogens (tertiary/aromatic N) is 2. The van der Waals surface area contributed by atoms with Crippen LogP contribution in [-0.4, -0.2) is 41.8 Å². The highest BCUT2D eigenvalue weighted by molar-refractivity contribution is 7.89. The number of aromatic nitrogens is 1. The Labute approximate surface area is 189 Å². The Morgan fingerprint density at radius 2 is 1.75 bits per heavy atom. The van der Waals surface area contributed by atoms with E-state index in [1.165, 1.54) is 40.3 Å². The van der Waals surface area contributed by atoms with E-state index >= 15 is 0 Å². The number of nitrogens with one attached hydrogen (secondary N) is 1. The summed E-state index contributed by atoms with van der Waals surface area (Å²) >= 11 is 0. The van der Waals surface area contributed by atoms with Crippen molar-refractivity contribution in [3.05, 3.63) is 28.7 Å². The molecule has 176 valence electrons. The fraction of sp³-hybridized carbons (Fsp3) is 0.652. The van der Waals surface area contributed by atoms with Gasteiger partial charge in [0.25, 0.3) is 0 Å². The number of amides is 1. The van der Waals surface area contributed by atoms with Gasteiger partial charge >= 0.3 is 5.76 Å². The van der Waals surface area contributed by atoms with Gasteiger partial charge in [-0.1, -0.05) is 38.5 Å². The Morgan fingerprint density at radius 1 is 1.06 bits per heavy atom. The zero-order valence-corrected chi connectivity index (χ0v) is 19.5. The Balaban J connectivity index is 1.52. The molecule has 32 heavy (non-hydrogen) atoms. The Hall–Kier alpha value is -2.13. The summed E-state index contributed by atoms with van der Waals surface area (Å²) in [7, 11) is -3.67. The zero-order chi connectivity index (χ0) is 22.7. The lowest BCUT2D eigenvalue weighted by Gasteiger charge is -2.32. The summed E-state index contributed by atoms with van der Waals surface area (Å²) in [6, 6.07) is 4.54. The van der Waals surface area contributed by atoms with Gasteiger partial charge in [-0.2, -0.15) is 4.31 Å². The van der Waals surface area contributed by atoms with E-state index in [2.05, 4.69) is 5.32 Å². The number of oxazole rings is 1. The van der Waals surface area contributed by atoms with Gasteiger partial charge in [-0.15, -0.1) is 0 Å². The van der Waals surface area contributed by atoms with Crippen LogP contribution in [0.15, 0.2) is 32.3 Å². The van der Waals surface area contributed by atoms with Crippen LogP contribution in [0.25, 0.3) is 11.1 Å². The van der Waals surface area contributed by atoms with Gasteiger partial charge in [-0.25, -0.2) is 13.2 Å². The van der Waals surface area contributed by atoms with E-state index in [9.17, 15) is 18.0 Å². The number of benzene rings is 1. The lowest BCUT2D eigenvalue weighted by Crippen LogP contribution is -2.41. The smallest absolute Gasteiger partial charge is 0.408 e. The number of rotatable bonds is 5. The molecule has 0 spiro atoms. The van der Waals surface area contributed by atoms with Gasteiger partial charge in [0.05, 0.1) is 10.4 Å². The molecule has 1 atom stereocenters. The van der Waals surface area contributed by atoms with Crippen LogP contribution in [0.3, 0.4) is 0 Å².